The average molecular weight is 559 g/mol. The van der Waals surface area contributed by atoms with Crippen molar-refractivity contribution in [1.82, 2.24) is 9.80 Å². The maximum atomic E-state index is 13.6. The highest BCUT2D eigenvalue weighted by molar-refractivity contribution is 5.76. The molecule has 7 nitrogen and oxygen atoms in total. The minimum atomic E-state index is -1.67. The minimum absolute atomic E-state index is 0.0747. The third-order valence-corrected chi connectivity index (χ3v) is 9.31. The number of fused-ring (bicyclic) bond motifs is 1. The molecule has 2 fully saturated rings. The summed E-state index contributed by atoms with van der Waals surface area (Å²) in [6.07, 6.45) is 0.331. The van der Waals surface area contributed by atoms with Gasteiger partial charge in [-0.2, -0.15) is 0 Å². The molecule has 1 saturated heterocycles. The van der Waals surface area contributed by atoms with Gasteiger partial charge in [0.1, 0.15) is 17.1 Å². The fourth-order valence-corrected chi connectivity index (χ4v) is 7.32. The highest BCUT2D eigenvalue weighted by atomic mass is 16.5. The molecule has 1 saturated carbocycles. The number of carbonyl (C=O) groups is 1. The monoisotopic (exact) mass is 558 g/mol. The van der Waals surface area contributed by atoms with E-state index in [1.165, 1.54) is 0 Å². The van der Waals surface area contributed by atoms with Gasteiger partial charge in [0.2, 0.25) is 5.91 Å². The van der Waals surface area contributed by atoms with Crippen molar-refractivity contribution in [3.05, 3.63) is 95.6 Å². The quantitative estimate of drug-likeness (QED) is 0.412. The third-order valence-electron chi connectivity index (χ3n) is 9.31. The number of ether oxygens (including phenoxy) is 2. The summed E-state index contributed by atoms with van der Waals surface area (Å²) < 4.78 is 11.2. The van der Waals surface area contributed by atoms with Crippen LogP contribution < -0.4 is 9.47 Å². The van der Waals surface area contributed by atoms with Crippen molar-refractivity contribution < 1.29 is 24.5 Å². The number of hydrogen-bond acceptors (Lipinski definition) is 6. The van der Waals surface area contributed by atoms with Gasteiger partial charge in [-0.05, 0) is 68.7 Å². The second-order valence-corrected chi connectivity index (χ2v) is 11.7. The second-order valence-electron chi connectivity index (χ2n) is 11.7. The number of aliphatic hydroxyl groups is 2. The Balaban J connectivity index is 1.67. The molecule has 0 bridgehead atoms. The van der Waals surface area contributed by atoms with Gasteiger partial charge in [-0.15, -0.1) is 0 Å². The maximum Gasteiger partial charge on any atom is 0.222 e. The number of methoxy groups -OCH3 is 2. The van der Waals surface area contributed by atoms with Gasteiger partial charge in [0.15, 0.2) is 0 Å². The summed E-state index contributed by atoms with van der Waals surface area (Å²) in [5.41, 5.74) is 0.335. The molecule has 7 heteroatoms. The fraction of sp³-hybridized carbons (Fsp3) is 0.441. The maximum absolute atomic E-state index is 13.6. The lowest BCUT2D eigenvalue weighted by molar-refractivity contribution is -0.168. The molecule has 3 aromatic carbocycles. The SMILES string of the molecule is COc1ccc(OC)c([C@@]2(O)[C@H](O)CC(c3ccccc3)(c3ccccc3)[C@@H]3CN(C(=O)CCCN(C)C)C[C@@H]32)c1. The summed E-state index contributed by atoms with van der Waals surface area (Å²) in [5.74, 6) is 0.481. The Hall–Kier alpha value is -3.39. The first kappa shape index (κ1) is 29.1. The normalized spacial score (nSPS) is 25.1. The molecule has 0 spiro atoms. The molecule has 5 rings (SSSR count). The van der Waals surface area contributed by atoms with Crippen LogP contribution in [0.2, 0.25) is 0 Å². The number of amides is 1. The van der Waals surface area contributed by atoms with Crippen molar-refractivity contribution in [2.75, 3.05) is 47.9 Å². The van der Waals surface area contributed by atoms with Gasteiger partial charge < -0.3 is 29.5 Å². The van der Waals surface area contributed by atoms with Crippen LogP contribution in [0.1, 0.15) is 36.0 Å². The molecule has 41 heavy (non-hydrogen) atoms. The zero-order valence-electron chi connectivity index (χ0n) is 24.5. The lowest BCUT2D eigenvalue weighted by Gasteiger charge is -2.55. The zero-order valence-corrected chi connectivity index (χ0v) is 24.5. The lowest BCUT2D eigenvalue weighted by atomic mass is 9.51. The van der Waals surface area contributed by atoms with E-state index in [4.69, 9.17) is 9.47 Å². The van der Waals surface area contributed by atoms with E-state index >= 15 is 0 Å². The minimum Gasteiger partial charge on any atom is -0.497 e. The van der Waals surface area contributed by atoms with Gasteiger partial charge in [0, 0.05) is 36.4 Å². The fourth-order valence-electron chi connectivity index (χ4n) is 7.32. The highest BCUT2D eigenvalue weighted by Gasteiger charge is 2.65. The lowest BCUT2D eigenvalue weighted by Crippen LogP contribution is -2.60. The molecule has 218 valence electrons. The average Bonchev–Trinajstić information content (AvgIpc) is 3.46. The van der Waals surface area contributed by atoms with Crippen LogP contribution in [0.5, 0.6) is 11.5 Å². The van der Waals surface area contributed by atoms with Crippen molar-refractivity contribution in [3.63, 3.8) is 0 Å². The van der Waals surface area contributed by atoms with Crippen LogP contribution in [0.4, 0.5) is 0 Å². The summed E-state index contributed by atoms with van der Waals surface area (Å²) in [4.78, 5) is 17.6. The molecular formula is C34H42N2O5. The molecule has 0 aromatic heterocycles. The van der Waals surface area contributed by atoms with Gasteiger partial charge in [-0.25, -0.2) is 0 Å². The predicted molar refractivity (Wildman–Crippen MR) is 159 cm³/mol. The van der Waals surface area contributed by atoms with Crippen molar-refractivity contribution in [2.24, 2.45) is 11.8 Å². The summed E-state index contributed by atoms with van der Waals surface area (Å²) in [6, 6.07) is 25.8. The first-order chi connectivity index (χ1) is 19.7. The second kappa shape index (κ2) is 11.8. The topological polar surface area (TPSA) is 82.5 Å². The van der Waals surface area contributed by atoms with Crippen LogP contribution in [0.25, 0.3) is 0 Å². The third kappa shape index (κ3) is 5.11. The number of likely N-dealkylation sites (tertiary alicyclic amines) is 1. The molecule has 1 heterocycles. The molecule has 1 aliphatic carbocycles. The van der Waals surface area contributed by atoms with E-state index in [1.807, 2.05) is 55.4 Å². The number of carbonyl (C=O) groups excluding carboxylic acids is 1. The van der Waals surface area contributed by atoms with Crippen LogP contribution in [-0.4, -0.2) is 80.0 Å². The van der Waals surface area contributed by atoms with E-state index in [1.54, 1.807) is 32.4 Å². The van der Waals surface area contributed by atoms with Crippen LogP contribution in [0.3, 0.4) is 0 Å². The molecule has 1 amide bonds. The molecule has 4 atom stereocenters. The largest absolute Gasteiger partial charge is 0.497 e. The zero-order chi connectivity index (χ0) is 29.2. The Kier molecular flexibility index (Phi) is 8.41. The van der Waals surface area contributed by atoms with E-state index in [-0.39, 0.29) is 18.2 Å². The molecule has 1 aliphatic heterocycles. The van der Waals surface area contributed by atoms with Crippen LogP contribution in [0.15, 0.2) is 78.9 Å². The van der Waals surface area contributed by atoms with Crippen molar-refractivity contribution >= 4 is 5.91 Å². The summed E-state index contributed by atoms with van der Waals surface area (Å²) in [5, 5.41) is 24.9. The van der Waals surface area contributed by atoms with Crippen LogP contribution in [0, 0.1) is 11.8 Å². The van der Waals surface area contributed by atoms with E-state index < -0.39 is 23.0 Å². The van der Waals surface area contributed by atoms with E-state index in [9.17, 15) is 15.0 Å². The van der Waals surface area contributed by atoms with Crippen molar-refractivity contribution in [1.29, 1.82) is 0 Å². The first-order valence-corrected chi connectivity index (χ1v) is 14.4. The van der Waals surface area contributed by atoms with E-state index in [0.717, 1.165) is 24.1 Å². The first-order valence-electron chi connectivity index (χ1n) is 14.4. The Morgan fingerprint density at radius 3 is 2.10 bits per heavy atom. The van der Waals surface area contributed by atoms with E-state index in [0.29, 0.717) is 36.6 Å². The Bertz CT molecular complexity index is 1290. The van der Waals surface area contributed by atoms with Crippen LogP contribution >= 0.6 is 0 Å². The molecule has 0 unspecified atom stereocenters. The Labute approximate surface area is 243 Å². The summed E-state index contributed by atoms with van der Waals surface area (Å²) in [6.45, 7) is 1.64. The molecule has 3 aromatic rings. The number of nitrogens with zero attached hydrogens (tertiary/aromatic N) is 2. The van der Waals surface area contributed by atoms with Crippen molar-refractivity contribution in [3.8, 4) is 11.5 Å². The standard InChI is InChI=1S/C34H42N2O5/c1-35(2)19-11-16-32(38)36-22-28-29(23-36)34(39,27-20-26(40-3)17-18-30(27)41-4)31(37)21-33(28,24-12-7-5-8-13-24)25-14-9-6-10-15-25/h5-10,12-15,17-18,20,28-29,31,37,39H,11,16,19,21-23H2,1-4H3/t28-,29+,31-,34+/m1/s1. The molecule has 0 radical (unpaired) electrons. The predicted octanol–water partition coefficient (Wildman–Crippen LogP) is 4.06. The number of benzene rings is 3. The molecular weight excluding hydrogens is 516 g/mol. The smallest absolute Gasteiger partial charge is 0.222 e. The van der Waals surface area contributed by atoms with E-state index in [2.05, 4.69) is 29.2 Å². The Morgan fingerprint density at radius 2 is 1.54 bits per heavy atom. The van der Waals surface area contributed by atoms with Gasteiger partial charge in [0.05, 0.1) is 20.3 Å². The Morgan fingerprint density at radius 1 is 0.927 bits per heavy atom. The summed E-state index contributed by atoms with van der Waals surface area (Å²) in [7, 11) is 7.15. The van der Waals surface area contributed by atoms with Gasteiger partial charge >= 0.3 is 0 Å². The number of aliphatic hydroxyl groups excluding tert-OH is 1. The molecule has 2 aliphatic rings. The number of hydrogen-bond donors (Lipinski definition) is 2. The molecule has 2 N–H and O–H groups in total. The number of rotatable bonds is 9. The highest BCUT2D eigenvalue weighted by Crippen LogP contribution is 2.60. The van der Waals surface area contributed by atoms with Gasteiger partial charge in [-0.1, -0.05) is 60.7 Å². The van der Waals surface area contributed by atoms with Gasteiger partial charge in [0.25, 0.3) is 0 Å². The van der Waals surface area contributed by atoms with Crippen LogP contribution in [-0.2, 0) is 15.8 Å². The van der Waals surface area contributed by atoms with Crippen molar-refractivity contribution in [2.45, 2.75) is 36.4 Å². The summed E-state index contributed by atoms with van der Waals surface area (Å²) >= 11 is 0. The van der Waals surface area contributed by atoms with Gasteiger partial charge in [-0.3, -0.25) is 4.79 Å².